The molecule has 1 fully saturated rings. The molecule has 0 radical (unpaired) electrons. The fourth-order valence-electron chi connectivity index (χ4n) is 2.09. The van der Waals surface area contributed by atoms with Gasteiger partial charge in [-0.05, 0) is 59.5 Å². The first-order valence-corrected chi connectivity index (χ1v) is 7.47. The Labute approximate surface area is 109 Å². The molecule has 1 aromatic rings. The van der Waals surface area contributed by atoms with Crippen LogP contribution in [0.4, 0.5) is 0 Å². The van der Waals surface area contributed by atoms with Gasteiger partial charge in [0.1, 0.15) is 0 Å². The summed E-state index contributed by atoms with van der Waals surface area (Å²) in [6.07, 6.45) is 5.47. The Bertz CT molecular complexity index is 321. The van der Waals surface area contributed by atoms with Gasteiger partial charge >= 0.3 is 0 Å². The van der Waals surface area contributed by atoms with Crippen LogP contribution in [-0.2, 0) is 4.74 Å². The molecule has 2 nitrogen and oxygen atoms in total. The second-order valence-corrected chi connectivity index (χ2v) is 6.02. The summed E-state index contributed by atoms with van der Waals surface area (Å²) in [4.78, 5) is 1.05. The number of halogens is 1. The summed E-state index contributed by atoms with van der Waals surface area (Å²) in [6.45, 7) is 0.920. The van der Waals surface area contributed by atoms with E-state index in [-0.39, 0.29) is 6.10 Å². The molecule has 0 bridgehead atoms. The minimum Gasteiger partial charge on any atom is -0.388 e. The molecule has 90 valence electrons. The second kappa shape index (κ2) is 6.15. The van der Waals surface area contributed by atoms with E-state index in [0.29, 0.717) is 6.10 Å². The molecule has 1 N–H and O–H groups in total. The van der Waals surface area contributed by atoms with Crippen molar-refractivity contribution in [1.82, 2.24) is 0 Å². The number of rotatable bonds is 5. The molecule has 2 atom stereocenters. The van der Waals surface area contributed by atoms with E-state index in [9.17, 15) is 5.11 Å². The maximum atomic E-state index is 10.0. The summed E-state index contributed by atoms with van der Waals surface area (Å²) in [5.74, 6) is 0. The van der Waals surface area contributed by atoms with Crippen LogP contribution in [0.25, 0.3) is 0 Å². The fourth-order valence-corrected chi connectivity index (χ4v) is 3.74. The highest BCUT2D eigenvalue weighted by Crippen LogP contribution is 2.32. The molecular weight excluding hydrogens is 288 g/mol. The van der Waals surface area contributed by atoms with Crippen LogP contribution in [0.1, 0.15) is 43.1 Å². The lowest BCUT2D eigenvalue weighted by Crippen LogP contribution is -2.05. The predicted octanol–water partition coefficient (Wildman–Crippen LogP) is 3.89. The summed E-state index contributed by atoms with van der Waals surface area (Å²) in [5.41, 5.74) is 0. The van der Waals surface area contributed by atoms with Crippen molar-refractivity contribution in [2.45, 2.75) is 44.3 Å². The number of ether oxygens (including phenoxy) is 1. The van der Waals surface area contributed by atoms with E-state index in [0.717, 1.165) is 35.2 Å². The standard InChI is InChI=1S/C12H17BrO2S/c13-10-6-8-16-12(10)11(14)5-1-3-9-4-2-7-15-9/h6,8-9,11,14H,1-5,7H2. The van der Waals surface area contributed by atoms with Gasteiger partial charge in [0.15, 0.2) is 0 Å². The zero-order valence-electron chi connectivity index (χ0n) is 9.19. The lowest BCUT2D eigenvalue weighted by atomic mass is 10.1. The third kappa shape index (κ3) is 3.29. The first kappa shape index (κ1) is 12.6. The fraction of sp³-hybridized carbons (Fsp3) is 0.667. The van der Waals surface area contributed by atoms with Crippen LogP contribution < -0.4 is 0 Å². The summed E-state index contributed by atoms with van der Waals surface area (Å²) in [5, 5.41) is 12.0. The van der Waals surface area contributed by atoms with Gasteiger partial charge in [-0.3, -0.25) is 0 Å². The van der Waals surface area contributed by atoms with Gasteiger partial charge in [0, 0.05) is 16.0 Å². The molecule has 0 aliphatic carbocycles. The summed E-state index contributed by atoms with van der Waals surface area (Å²) < 4.78 is 6.59. The highest BCUT2D eigenvalue weighted by Gasteiger charge is 2.17. The van der Waals surface area contributed by atoms with Crippen LogP contribution in [0.15, 0.2) is 15.9 Å². The number of thiophene rings is 1. The zero-order valence-corrected chi connectivity index (χ0v) is 11.6. The highest BCUT2D eigenvalue weighted by molar-refractivity contribution is 9.10. The maximum absolute atomic E-state index is 10.0. The van der Waals surface area contributed by atoms with Crippen LogP contribution in [0.5, 0.6) is 0 Å². The molecule has 1 aliphatic heterocycles. The molecule has 1 aromatic heterocycles. The molecule has 2 heterocycles. The quantitative estimate of drug-likeness (QED) is 0.894. The van der Waals surface area contributed by atoms with Gasteiger partial charge in [0.2, 0.25) is 0 Å². The first-order valence-electron chi connectivity index (χ1n) is 5.80. The molecular formula is C12H17BrO2S. The molecule has 0 amide bonds. The van der Waals surface area contributed by atoms with Crippen molar-refractivity contribution in [1.29, 1.82) is 0 Å². The van der Waals surface area contributed by atoms with Crippen LogP contribution in [0.2, 0.25) is 0 Å². The minimum atomic E-state index is -0.323. The largest absolute Gasteiger partial charge is 0.388 e. The van der Waals surface area contributed by atoms with Crippen LogP contribution in [0.3, 0.4) is 0 Å². The third-order valence-electron chi connectivity index (χ3n) is 2.98. The van der Waals surface area contributed by atoms with E-state index in [1.807, 2.05) is 11.4 Å². The van der Waals surface area contributed by atoms with E-state index in [1.54, 1.807) is 11.3 Å². The number of hydrogen-bond acceptors (Lipinski definition) is 3. The monoisotopic (exact) mass is 304 g/mol. The first-order chi connectivity index (χ1) is 7.77. The third-order valence-corrected chi connectivity index (χ3v) is 4.95. The van der Waals surface area contributed by atoms with E-state index >= 15 is 0 Å². The van der Waals surface area contributed by atoms with Crippen molar-refractivity contribution < 1.29 is 9.84 Å². The highest BCUT2D eigenvalue weighted by atomic mass is 79.9. The molecule has 2 rings (SSSR count). The van der Waals surface area contributed by atoms with E-state index < -0.39 is 0 Å². The molecule has 0 spiro atoms. The van der Waals surface area contributed by atoms with E-state index in [4.69, 9.17) is 4.74 Å². The SMILES string of the molecule is OC(CCCC1CCCO1)c1sccc1Br. The Balaban J connectivity index is 1.71. The van der Waals surface area contributed by atoms with Gasteiger partial charge in [0.05, 0.1) is 12.2 Å². The predicted molar refractivity (Wildman–Crippen MR) is 69.8 cm³/mol. The Kier molecular flexibility index (Phi) is 4.82. The molecule has 4 heteroatoms. The lowest BCUT2D eigenvalue weighted by Gasteiger charge is -2.12. The summed E-state index contributed by atoms with van der Waals surface area (Å²) in [7, 11) is 0. The van der Waals surface area contributed by atoms with E-state index in [1.165, 1.54) is 12.8 Å². The normalized spacial score (nSPS) is 22.5. The number of aliphatic hydroxyl groups is 1. The average Bonchev–Trinajstić information content (AvgIpc) is 2.88. The zero-order chi connectivity index (χ0) is 11.4. The van der Waals surface area contributed by atoms with Crippen LogP contribution in [0, 0.1) is 0 Å². The van der Waals surface area contributed by atoms with Gasteiger partial charge in [0.25, 0.3) is 0 Å². The van der Waals surface area contributed by atoms with Crippen molar-refractivity contribution in [3.8, 4) is 0 Å². The van der Waals surface area contributed by atoms with E-state index in [2.05, 4.69) is 15.9 Å². The Morgan fingerprint density at radius 1 is 1.62 bits per heavy atom. The van der Waals surface area contributed by atoms with Crippen molar-refractivity contribution in [3.63, 3.8) is 0 Å². The molecule has 0 aromatic carbocycles. The van der Waals surface area contributed by atoms with Crippen LogP contribution in [-0.4, -0.2) is 17.8 Å². The minimum absolute atomic E-state index is 0.323. The molecule has 0 saturated carbocycles. The summed E-state index contributed by atoms with van der Waals surface area (Å²) >= 11 is 5.06. The summed E-state index contributed by atoms with van der Waals surface area (Å²) in [6, 6.07) is 1.99. The van der Waals surface area contributed by atoms with Crippen molar-refractivity contribution in [2.24, 2.45) is 0 Å². The van der Waals surface area contributed by atoms with Gasteiger partial charge in [-0.1, -0.05) is 0 Å². The van der Waals surface area contributed by atoms with Crippen molar-refractivity contribution in [3.05, 3.63) is 20.8 Å². The Morgan fingerprint density at radius 2 is 2.50 bits per heavy atom. The lowest BCUT2D eigenvalue weighted by molar-refractivity contribution is 0.0948. The van der Waals surface area contributed by atoms with Gasteiger partial charge < -0.3 is 9.84 Å². The Morgan fingerprint density at radius 3 is 3.12 bits per heavy atom. The maximum Gasteiger partial charge on any atom is 0.0893 e. The second-order valence-electron chi connectivity index (χ2n) is 4.21. The van der Waals surface area contributed by atoms with Crippen LogP contribution >= 0.6 is 27.3 Å². The van der Waals surface area contributed by atoms with Crippen molar-refractivity contribution in [2.75, 3.05) is 6.61 Å². The van der Waals surface area contributed by atoms with Gasteiger partial charge in [-0.15, -0.1) is 11.3 Å². The topological polar surface area (TPSA) is 29.5 Å². The molecule has 2 unspecified atom stereocenters. The number of hydrogen-bond donors (Lipinski definition) is 1. The van der Waals surface area contributed by atoms with Crippen molar-refractivity contribution >= 4 is 27.3 Å². The molecule has 1 saturated heterocycles. The average molecular weight is 305 g/mol. The Hall–Kier alpha value is 0.100. The number of aliphatic hydroxyl groups excluding tert-OH is 1. The smallest absolute Gasteiger partial charge is 0.0893 e. The van der Waals surface area contributed by atoms with Gasteiger partial charge in [-0.25, -0.2) is 0 Å². The molecule has 16 heavy (non-hydrogen) atoms. The van der Waals surface area contributed by atoms with Gasteiger partial charge in [-0.2, -0.15) is 0 Å². The molecule has 1 aliphatic rings.